The number of nitrogens with one attached hydrogen (secondary N) is 1. The minimum absolute atomic E-state index is 0.0324. The molecule has 6 nitrogen and oxygen atoms in total. The molecule has 1 heterocycles. The highest BCUT2D eigenvalue weighted by Gasteiger charge is 2.16. The summed E-state index contributed by atoms with van der Waals surface area (Å²) < 4.78 is 25.3. The normalized spacial score (nSPS) is 12.0. The SMILES string of the molecule is Cc1cc(C(=O)O)ccc1CC(=O)NC(C)c1nccc(C(F)F)n1. The van der Waals surface area contributed by atoms with Crippen LogP contribution in [0.1, 0.15) is 52.4 Å². The second kappa shape index (κ2) is 7.78. The topological polar surface area (TPSA) is 92.2 Å². The zero-order chi connectivity index (χ0) is 18.6. The quantitative estimate of drug-likeness (QED) is 0.837. The van der Waals surface area contributed by atoms with E-state index in [-0.39, 0.29) is 23.7 Å². The molecule has 0 aliphatic heterocycles. The molecule has 2 aromatic rings. The highest BCUT2D eigenvalue weighted by Crippen LogP contribution is 2.17. The van der Waals surface area contributed by atoms with Crippen LogP contribution in [0.5, 0.6) is 0 Å². The molecule has 0 aliphatic carbocycles. The summed E-state index contributed by atoms with van der Waals surface area (Å²) in [5, 5.41) is 11.6. The van der Waals surface area contributed by atoms with E-state index in [1.165, 1.54) is 18.3 Å². The van der Waals surface area contributed by atoms with Gasteiger partial charge >= 0.3 is 5.97 Å². The minimum Gasteiger partial charge on any atom is -0.478 e. The van der Waals surface area contributed by atoms with Crippen molar-refractivity contribution in [3.8, 4) is 0 Å². The maximum atomic E-state index is 12.7. The lowest BCUT2D eigenvalue weighted by Crippen LogP contribution is -2.29. The van der Waals surface area contributed by atoms with E-state index < -0.39 is 24.1 Å². The van der Waals surface area contributed by atoms with E-state index in [0.717, 1.165) is 6.07 Å². The Morgan fingerprint density at radius 2 is 2.00 bits per heavy atom. The minimum atomic E-state index is -2.71. The van der Waals surface area contributed by atoms with Gasteiger partial charge in [0.25, 0.3) is 6.43 Å². The molecule has 1 aromatic heterocycles. The van der Waals surface area contributed by atoms with Gasteiger partial charge in [0.1, 0.15) is 5.69 Å². The predicted octanol–water partition coefficient (Wildman–Crippen LogP) is 2.84. The van der Waals surface area contributed by atoms with E-state index in [9.17, 15) is 18.4 Å². The van der Waals surface area contributed by atoms with E-state index in [1.54, 1.807) is 19.9 Å². The van der Waals surface area contributed by atoms with Gasteiger partial charge in [-0.3, -0.25) is 4.79 Å². The average molecular weight is 349 g/mol. The van der Waals surface area contributed by atoms with E-state index >= 15 is 0 Å². The molecule has 25 heavy (non-hydrogen) atoms. The maximum Gasteiger partial charge on any atom is 0.335 e. The van der Waals surface area contributed by atoms with Crippen LogP contribution in [-0.2, 0) is 11.2 Å². The van der Waals surface area contributed by atoms with Crippen molar-refractivity contribution in [3.05, 3.63) is 58.7 Å². The molecule has 1 aromatic carbocycles. The lowest BCUT2D eigenvalue weighted by Gasteiger charge is -2.14. The molecule has 0 fully saturated rings. The molecule has 1 unspecified atom stereocenters. The number of carbonyl (C=O) groups is 2. The lowest BCUT2D eigenvalue weighted by molar-refractivity contribution is -0.121. The molecular formula is C17H17F2N3O3. The summed E-state index contributed by atoms with van der Waals surface area (Å²) in [5.74, 6) is -1.28. The summed E-state index contributed by atoms with van der Waals surface area (Å²) in [6.45, 7) is 3.32. The van der Waals surface area contributed by atoms with Crippen LogP contribution in [0.4, 0.5) is 8.78 Å². The number of amides is 1. The number of aryl methyl sites for hydroxylation is 1. The number of halogens is 2. The molecule has 8 heteroatoms. The van der Waals surface area contributed by atoms with Gasteiger partial charge in [-0.15, -0.1) is 0 Å². The Hall–Kier alpha value is -2.90. The van der Waals surface area contributed by atoms with E-state index in [4.69, 9.17) is 5.11 Å². The number of rotatable bonds is 6. The molecule has 0 saturated heterocycles. The van der Waals surface area contributed by atoms with Crippen molar-refractivity contribution < 1.29 is 23.5 Å². The molecule has 132 valence electrons. The van der Waals surface area contributed by atoms with Gasteiger partial charge in [0.2, 0.25) is 5.91 Å². The van der Waals surface area contributed by atoms with Crippen LogP contribution in [0.25, 0.3) is 0 Å². The van der Waals surface area contributed by atoms with Crippen molar-refractivity contribution in [2.45, 2.75) is 32.7 Å². The molecule has 1 amide bonds. The fourth-order valence-corrected chi connectivity index (χ4v) is 2.28. The van der Waals surface area contributed by atoms with E-state index in [2.05, 4.69) is 15.3 Å². The van der Waals surface area contributed by atoms with Gasteiger partial charge < -0.3 is 10.4 Å². The molecule has 0 radical (unpaired) electrons. The highest BCUT2D eigenvalue weighted by molar-refractivity contribution is 5.88. The number of aromatic carboxylic acids is 1. The van der Waals surface area contributed by atoms with Crippen LogP contribution < -0.4 is 5.32 Å². The van der Waals surface area contributed by atoms with Crippen molar-refractivity contribution in [1.29, 1.82) is 0 Å². The van der Waals surface area contributed by atoms with E-state index in [1.807, 2.05) is 0 Å². The first-order chi connectivity index (χ1) is 11.8. The second-order valence-corrected chi connectivity index (χ2v) is 5.55. The van der Waals surface area contributed by atoms with Gasteiger partial charge in [0.15, 0.2) is 5.82 Å². The van der Waals surface area contributed by atoms with Crippen LogP contribution >= 0.6 is 0 Å². The van der Waals surface area contributed by atoms with Crippen LogP contribution in [0, 0.1) is 6.92 Å². The van der Waals surface area contributed by atoms with Gasteiger partial charge in [0.05, 0.1) is 18.0 Å². The first-order valence-corrected chi connectivity index (χ1v) is 7.51. The van der Waals surface area contributed by atoms with Gasteiger partial charge in [-0.25, -0.2) is 23.5 Å². The third-order valence-corrected chi connectivity index (χ3v) is 3.62. The van der Waals surface area contributed by atoms with Crippen molar-refractivity contribution in [2.24, 2.45) is 0 Å². The molecule has 0 saturated carbocycles. The molecular weight excluding hydrogens is 332 g/mol. The third-order valence-electron chi connectivity index (χ3n) is 3.62. The van der Waals surface area contributed by atoms with Crippen molar-refractivity contribution in [3.63, 3.8) is 0 Å². The Morgan fingerprint density at radius 1 is 1.28 bits per heavy atom. The highest BCUT2D eigenvalue weighted by atomic mass is 19.3. The summed E-state index contributed by atoms with van der Waals surface area (Å²) >= 11 is 0. The standard InChI is InChI=1S/C17H17F2N3O3/c1-9-7-12(17(24)25)4-3-11(9)8-14(23)21-10(2)16-20-6-5-13(22-16)15(18)19/h3-7,10,15H,8H2,1-2H3,(H,21,23)(H,24,25). The van der Waals surface area contributed by atoms with Crippen molar-refractivity contribution in [1.82, 2.24) is 15.3 Å². The van der Waals surface area contributed by atoms with Crippen LogP contribution in [-0.4, -0.2) is 27.0 Å². The number of alkyl halides is 2. The van der Waals surface area contributed by atoms with Crippen molar-refractivity contribution in [2.75, 3.05) is 0 Å². The van der Waals surface area contributed by atoms with Crippen LogP contribution in [0.15, 0.2) is 30.5 Å². The van der Waals surface area contributed by atoms with Gasteiger partial charge in [-0.05, 0) is 43.2 Å². The smallest absolute Gasteiger partial charge is 0.335 e. The van der Waals surface area contributed by atoms with Gasteiger partial charge in [-0.1, -0.05) is 6.07 Å². The Kier molecular flexibility index (Phi) is 5.74. The molecule has 1 atom stereocenters. The van der Waals surface area contributed by atoms with Gasteiger partial charge in [-0.2, -0.15) is 0 Å². The number of benzene rings is 1. The molecule has 2 N–H and O–H groups in total. The number of carboxylic acid groups (broad SMARTS) is 1. The Morgan fingerprint density at radius 3 is 2.60 bits per heavy atom. The molecule has 2 rings (SSSR count). The fraction of sp³-hybridized carbons (Fsp3) is 0.294. The first-order valence-electron chi connectivity index (χ1n) is 7.51. The summed E-state index contributed by atoms with van der Waals surface area (Å²) in [4.78, 5) is 30.7. The lowest BCUT2D eigenvalue weighted by atomic mass is 10.0. The predicted molar refractivity (Wildman–Crippen MR) is 85.4 cm³/mol. The number of hydrogen-bond acceptors (Lipinski definition) is 4. The van der Waals surface area contributed by atoms with Crippen molar-refractivity contribution >= 4 is 11.9 Å². The summed E-state index contributed by atoms with van der Waals surface area (Å²) in [6, 6.07) is 4.98. The number of aromatic nitrogens is 2. The number of hydrogen-bond donors (Lipinski definition) is 2. The molecule has 0 bridgehead atoms. The fourth-order valence-electron chi connectivity index (χ4n) is 2.28. The first kappa shape index (κ1) is 18.4. The van der Waals surface area contributed by atoms with Crippen LogP contribution in [0.3, 0.4) is 0 Å². The summed E-state index contributed by atoms with van der Waals surface area (Å²) in [6.07, 6.45) is -1.45. The second-order valence-electron chi connectivity index (χ2n) is 5.55. The largest absolute Gasteiger partial charge is 0.478 e. The molecule has 0 aliphatic rings. The zero-order valence-electron chi connectivity index (χ0n) is 13.7. The van der Waals surface area contributed by atoms with E-state index in [0.29, 0.717) is 11.1 Å². The Labute approximate surface area is 142 Å². The Bertz CT molecular complexity index is 796. The molecule has 0 spiro atoms. The number of carboxylic acids is 1. The summed E-state index contributed by atoms with van der Waals surface area (Å²) in [7, 11) is 0. The average Bonchev–Trinajstić information content (AvgIpc) is 2.56. The van der Waals surface area contributed by atoms with Crippen LogP contribution in [0.2, 0.25) is 0 Å². The monoisotopic (exact) mass is 349 g/mol. The Balaban J connectivity index is 2.05. The zero-order valence-corrected chi connectivity index (χ0v) is 13.7. The van der Waals surface area contributed by atoms with Gasteiger partial charge in [0, 0.05) is 6.20 Å². The summed E-state index contributed by atoms with van der Waals surface area (Å²) in [5.41, 5.74) is 1.11. The maximum absolute atomic E-state index is 12.7. The third kappa shape index (κ3) is 4.79. The number of carbonyl (C=O) groups excluding carboxylic acids is 1. The number of nitrogens with zero attached hydrogens (tertiary/aromatic N) is 2.